The maximum Gasteiger partial charge on any atom is 0.416 e. The average Bonchev–Trinajstić information content (AvgIpc) is 3.03. The Labute approximate surface area is 261 Å². The molecule has 0 radical (unpaired) electrons. The predicted octanol–water partition coefficient (Wildman–Crippen LogP) is 6.89. The Hall–Kier alpha value is -4.63. The molecule has 1 fully saturated rings. The standard InChI is InChI=1S/C36H35F3N4O2/c1-24-10-12-25(13-11-24)23-43-33(26-14-16-27(17-15-26)36(37,38)39)32(30-8-3-4-9-31(30)35(43)45)34(44)40-28-6-5-7-29(22-28)42-20-18-41(2)19-21-42/h3-17,22,32-33H,18-21,23H2,1-2H3,(H,40,44). The molecule has 2 aliphatic rings. The highest BCUT2D eigenvalue weighted by Gasteiger charge is 2.44. The maximum atomic E-state index is 14.4. The molecule has 0 aromatic heterocycles. The topological polar surface area (TPSA) is 55.9 Å². The second-order valence-electron chi connectivity index (χ2n) is 11.9. The molecule has 0 spiro atoms. The number of piperazine rings is 1. The second-order valence-corrected chi connectivity index (χ2v) is 11.9. The molecule has 232 valence electrons. The van der Waals surface area contributed by atoms with Crippen LogP contribution in [-0.2, 0) is 17.5 Å². The maximum absolute atomic E-state index is 14.4. The molecule has 2 atom stereocenters. The van der Waals surface area contributed by atoms with Gasteiger partial charge in [-0.2, -0.15) is 13.2 Å². The summed E-state index contributed by atoms with van der Waals surface area (Å²) in [5, 5.41) is 3.09. The van der Waals surface area contributed by atoms with E-state index >= 15 is 0 Å². The van der Waals surface area contributed by atoms with Gasteiger partial charge in [-0.05, 0) is 67.1 Å². The van der Waals surface area contributed by atoms with Crippen molar-refractivity contribution in [3.05, 3.63) is 130 Å². The SMILES string of the molecule is Cc1ccc(CN2C(=O)c3ccccc3C(C(=O)Nc3cccc(N4CCN(C)CC4)c3)C2c2ccc(C(F)(F)F)cc2)cc1. The third-order valence-electron chi connectivity index (χ3n) is 8.76. The molecule has 6 nitrogen and oxygen atoms in total. The first-order chi connectivity index (χ1) is 21.6. The number of nitrogens with one attached hydrogen (secondary N) is 1. The Morgan fingerprint density at radius 3 is 2.24 bits per heavy atom. The van der Waals surface area contributed by atoms with E-state index in [0.717, 1.165) is 55.1 Å². The van der Waals surface area contributed by atoms with E-state index < -0.39 is 23.7 Å². The zero-order valence-electron chi connectivity index (χ0n) is 25.2. The summed E-state index contributed by atoms with van der Waals surface area (Å²) in [5.74, 6) is -1.50. The van der Waals surface area contributed by atoms with Gasteiger partial charge in [0.15, 0.2) is 0 Å². The Morgan fingerprint density at radius 1 is 0.867 bits per heavy atom. The monoisotopic (exact) mass is 612 g/mol. The normalized spacial score (nSPS) is 18.9. The Morgan fingerprint density at radius 2 is 1.56 bits per heavy atom. The second kappa shape index (κ2) is 12.4. The Balaban J connectivity index is 1.40. The molecule has 2 unspecified atom stereocenters. The highest BCUT2D eigenvalue weighted by Crippen LogP contribution is 2.45. The molecule has 4 aromatic carbocycles. The van der Waals surface area contributed by atoms with Crippen LogP contribution in [0.5, 0.6) is 0 Å². The van der Waals surface area contributed by atoms with Crippen LogP contribution in [0.4, 0.5) is 24.5 Å². The van der Waals surface area contributed by atoms with Crippen molar-refractivity contribution >= 4 is 23.2 Å². The lowest BCUT2D eigenvalue weighted by atomic mass is 9.78. The summed E-state index contributed by atoms with van der Waals surface area (Å²) in [7, 11) is 2.09. The van der Waals surface area contributed by atoms with Crippen molar-refractivity contribution in [1.82, 2.24) is 9.80 Å². The summed E-state index contributed by atoms with van der Waals surface area (Å²) in [6, 6.07) is 26.4. The van der Waals surface area contributed by atoms with E-state index in [4.69, 9.17) is 0 Å². The summed E-state index contributed by atoms with van der Waals surface area (Å²) >= 11 is 0. The number of alkyl halides is 3. The third-order valence-corrected chi connectivity index (χ3v) is 8.76. The van der Waals surface area contributed by atoms with Gasteiger partial charge in [0.25, 0.3) is 5.91 Å². The molecule has 45 heavy (non-hydrogen) atoms. The molecule has 6 rings (SSSR count). The summed E-state index contributed by atoms with van der Waals surface area (Å²) in [5.41, 5.74) is 4.13. The number of carbonyl (C=O) groups is 2. The number of hydrogen-bond acceptors (Lipinski definition) is 4. The number of amides is 2. The fraction of sp³-hybridized carbons (Fsp3) is 0.278. The van der Waals surface area contributed by atoms with E-state index in [1.54, 1.807) is 29.2 Å². The van der Waals surface area contributed by atoms with Crippen LogP contribution in [0.25, 0.3) is 0 Å². The van der Waals surface area contributed by atoms with E-state index in [2.05, 4.69) is 22.2 Å². The molecule has 4 aromatic rings. The number of nitrogens with zero attached hydrogens (tertiary/aromatic N) is 3. The quantitative estimate of drug-likeness (QED) is 0.258. The molecule has 0 bridgehead atoms. The minimum Gasteiger partial charge on any atom is -0.369 e. The molecular formula is C36H35F3N4O2. The van der Waals surface area contributed by atoms with Crippen molar-refractivity contribution in [2.45, 2.75) is 31.6 Å². The van der Waals surface area contributed by atoms with Gasteiger partial charge in [-0.15, -0.1) is 0 Å². The van der Waals surface area contributed by atoms with Crippen molar-refractivity contribution in [3.8, 4) is 0 Å². The van der Waals surface area contributed by atoms with E-state index in [1.807, 2.05) is 55.5 Å². The summed E-state index contributed by atoms with van der Waals surface area (Å²) in [6.45, 7) is 5.77. The highest BCUT2D eigenvalue weighted by atomic mass is 19.4. The predicted molar refractivity (Wildman–Crippen MR) is 169 cm³/mol. The number of carbonyl (C=O) groups excluding carboxylic acids is 2. The highest BCUT2D eigenvalue weighted by molar-refractivity contribution is 6.04. The van der Waals surface area contributed by atoms with Crippen LogP contribution >= 0.6 is 0 Å². The Kier molecular flexibility index (Phi) is 8.38. The van der Waals surface area contributed by atoms with Gasteiger partial charge < -0.3 is 20.0 Å². The van der Waals surface area contributed by atoms with Crippen LogP contribution in [-0.4, -0.2) is 54.8 Å². The smallest absolute Gasteiger partial charge is 0.369 e. The van der Waals surface area contributed by atoms with Crippen LogP contribution in [0.2, 0.25) is 0 Å². The van der Waals surface area contributed by atoms with Gasteiger partial charge in [0, 0.05) is 49.7 Å². The first-order valence-electron chi connectivity index (χ1n) is 15.1. The first kappa shape index (κ1) is 30.4. The largest absolute Gasteiger partial charge is 0.416 e. The minimum absolute atomic E-state index is 0.182. The van der Waals surface area contributed by atoms with E-state index in [1.165, 1.54) is 12.1 Å². The molecule has 1 N–H and O–H groups in total. The Bertz CT molecular complexity index is 1680. The fourth-order valence-corrected chi connectivity index (χ4v) is 6.25. The van der Waals surface area contributed by atoms with Crippen molar-refractivity contribution in [1.29, 1.82) is 0 Å². The molecule has 1 saturated heterocycles. The van der Waals surface area contributed by atoms with Gasteiger partial charge in [-0.1, -0.05) is 66.2 Å². The lowest BCUT2D eigenvalue weighted by molar-refractivity contribution is -0.137. The molecule has 9 heteroatoms. The molecule has 0 saturated carbocycles. The van der Waals surface area contributed by atoms with Gasteiger partial charge in [-0.25, -0.2) is 0 Å². The lowest BCUT2D eigenvalue weighted by Gasteiger charge is -2.42. The van der Waals surface area contributed by atoms with E-state index in [-0.39, 0.29) is 18.4 Å². The summed E-state index contributed by atoms with van der Waals surface area (Å²) < 4.78 is 40.6. The summed E-state index contributed by atoms with van der Waals surface area (Å²) in [6.07, 6.45) is -4.51. The van der Waals surface area contributed by atoms with Crippen molar-refractivity contribution in [2.24, 2.45) is 0 Å². The zero-order valence-corrected chi connectivity index (χ0v) is 25.2. The lowest BCUT2D eigenvalue weighted by Crippen LogP contribution is -2.45. The van der Waals surface area contributed by atoms with Crippen molar-refractivity contribution < 1.29 is 22.8 Å². The molecular weight excluding hydrogens is 577 g/mol. The van der Waals surface area contributed by atoms with Crippen molar-refractivity contribution in [2.75, 3.05) is 43.4 Å². The zero-order chi connectivity index (χ0) is 31.7. The van der Waals surface area contributed by atoms with Gasteiger partial charge in [0.05, 0.1) is 17.5 Å². The summed E-state index contributed by atoms with van der Waals surface area (Å²) in [4.78, 5) is 34.6. The number of hydrogen-bond donors (Lipinski definition) is 1. The molecule has 2 aliphatic heterocycles. The van der Waals surface area contributed by atoms with Gasteiger partial charge in [-0.3, -0.25) is 9.59 Å². The van der Waals surface area contributed by atoms with Crippen LogP contribution < -0.4 is 10.2 Å². The molecule has 2 amide bonds. The third kappa shape index (κ3) is 6.44. The number of likely N-dealkylation sites (N-methyl/N-ethyl adjacent to an activating group) is 1. The first-order valence-corrected chi connectivity index (χ1v) is 15.1. The molecule has 2 heterocycles. The van der Waals surface area contributed by atoms with Crippen LogP contribution in [0, 0.1) is 6.92 Å². The number of halogens is 3. The van der Waals surface area contributed by atoms with Gasteiger partial charge in [0.1, 0.15) is 0 Å². The van der Waals surface area contributed by atoms with E-state index in [0.29, 0.717) is 22.4 Å². The molecule has 0 aliphatic carbocycles. The number of benzene rings is 4. The number of fused-ring (bicyclic) bond motifs is 1. The fourth-order valence-electron chi connectivity index (χ4n) is 6.25. The average molecular weight is 613 g/mol. The van der Waals surface area contributed by atoms with Gasteiger partial charge in [0.2, 0.25) is 5.91 Å². The van der Waals surface area contributed by atoms with Gasteiger partial charge >= 0.3 is 6.18 Å². The van der Waals surface area contributed by atoms with Crippen molar-refractivity contribution in [3.63, 3.8) is 0 Å². The number of aryl methyl sites for hydroxylation is 1. The van der Waals surface area contributed by atoms with Crippen LogP contribution in [0.3, 0.4) is 0 Å². The van der Waals surface area contributed by atoms with E-state index in [9.17, 15) is 22.8 Å². The number of anilines is 2. The minimum atomic E-state index is -4.51. The number of rotatable bonds is 6. The van der Waals surface area contributed by atoms with Crippen LogP contribution in [0.15, 0.2) is 97.1 Å². The van der Waals surface area contributed by atoms with Crippen LogP contribution in [0.1, 0.15) is 50.1 Å².